The van der Waals surface area contributed by atoms with E-state index in [1.165, 1.54) is 5.56 Å². The molecule has 0 fully saturated rings. The molecule has 7 heteroatoms. The zero-order chi connectivity index (χ0) is 23.9. The van der Waals surface area contributed by atoms with Gasteiger partial charge in [-0.2, -0.15) is 0 Å². The third-order valence-electron chi connectivity index (χ3n) is 6.83. The van der Waals surface area contributed by atoms with Crippen LogP contribution in [-0.4, -0.2) is 19.5 Å². The van der Waals surface area contributed by atoms with Gasteiger partial charge in [-0.3, -0.25) is 0 Å². The van der Waals surface area contributed by atoms with Crippen LogP contribution in [0, 0.1) is 6.92 Å². The van der Waals surface area contributed by atoms with Crippen LogP contribution < -0.4 is 4.74 Å². The first kappa shape index (κ1) is 22.2. The number of ether oxygens (including phenoxy) is 1. The SMILES string of the molecule is Cc1ncn(C2CCCc3c2ccc(Cl)c3Cl)c1-c1c[nH]c2cnc(OCc3ccccc3)cc12. The molecule has 3 heterocycles. The Morgan fingerprint density at radius 2 is 1.97 bits per heavy atom. The Balaban J connectivity index is 1.40. The highest BCUT2D eigenvalue weighted by Gasteiger charge is 2.27. The summed E-state index contributed by atoms with van der Waals surface area (Å²) in [6.45, 7) is 2.52. The largest absolute Gasteiger partial charge is 0.473 e. The van der Waals surface area contributed by atoms with E-state index in [4.69, 9.17) is 32.9 Å². The number of halogens is 2. The molecular weight excluding hydrogens is 479 g/mol. The molecule has 0 spiro atoms. The van der Waals surface area contributed by atoms with Crippen LogP contribution in [-0.2, 0) is 13.0 Å². The minimum atomic E-state index is 0.144. The number of fused-ring (bicyclic) bond motifs is 2. The van der Waals surface area contributed by atoms with E-state index in [1.807, 2.05) is 61.2 Å². The van der Waals surface area contributed by atoms with Gasteiger partial charge >= 0.3 is 0 Å². The summed E-state index contributed by atoms with van der Waals surface area (Å²) in [6.07, 6.45) is 8.81. The number of aromatic amines is 1. The predicted molar refractivity (Wildman–Crippen MR) is 140 cm³/mol. The number of nitrogens with one attached hydrogen (secondary N) is 1. The van der Waals surface area contributed by atoms with Gasteiger partial charge in [-0.15, -0.1) is 0 Å². The summed E-state index contributed by atoms with van der Waals surface area (Å²) < 4.78 is 8.30. The van der Waals surface area contributed by atoms with Gasteiger partial charge in [-0.25, -0.2) is 9.97 Å². The molecule has 1 N–H and O–H groups in total. The maximum Gasteiger partial charge on any atom is 0.214 e. The molecule has 0 aliphatic heterocycles. The Hall–Kier alpha value is -3.28. The molecule has 0 radical (unpaired) electrons. The van der Waals surface area contributed by atoms with Crippen molar-refractivity contribution >= 4 is 34.1 Å². The van der Waals surface area contributed by atoms with Gasteiger partial charge in [0.2, 0.25) is 5.88 Å². The van der Waals surface area contributed by atoms with Crippen molar-refractivity contribution in [2.24, 2.45) is 0 Å². The number of rotatable bonds is 5. The van der Waals surface area contributed by atoms with Crippen molar-refractivity contribution in [3.05, 3.63) is 99.7 Å². The Morgan fingerprint density at radius 3 is 2.83 bits per heavy atom. The van der Waals surface area contributed by atoms with Crippen LogP contribution in [0.15, 0.2) is 67.3 Å². The van der Waals surface area contributed by atoms with Crippen LogP contribution in [0.3, 0.4) is 0 Å². The van der Waals surface area contributed by atoms with E-state index in [1.54, 1.807) is 0 Å². The minimum Gasteiger partial charge on any atom is -0.473 e. The maximum atomic E-state index is 6.60. The van der Waals surface area contributed by atoms with Crippen molar-refractivity contribution in [1.82, 2.24) is 19.5 Å². The summed E-state index contributed by atoms with van der Waals surface area (Å²) in [4.78, 5) is 12.6. The molecule has 0 saturated carbocycles. The summed E-state index contributed by atoms with van der Waals surface area (Å²) in [5.41, 5.74) is 7.56. The molecule has 5 nitrogen and oxygen atoms in total. The molecule has 5 aromatic rings. The Bertz CT molecular complexity index is 1520. The van der Waals surface area contributed by atoms with Gasteiger partial charge in [-0.1, -0.05) is 59.6 Å². The number of pyridine rings is 1. The van der Waals surface area contributed by atoms with Crippen molar-refractivity contribution in [1.29, 1.82) is 0 Å². The number of aryl methyl sites for hydroxylation is 1. The van der Waals surface area contributed by atoms with Crippen LogP contribution in [0.1, 0.15) is 41.3 Å². The average molecular weight is 503 g/mol. The smallest absolute Gasteiger partial charge is 0.214 e. The van der Waals surface area contributed by atoms with E-state index < -0.39 is 0 Å². The third-order valence-corrected chi connectivity index (χ3v) is 7.68. The molecule has 0 bridgehead atoms. The normalized spacial score (nSPS) is 15.3. The molecule has 1 aliphatic carbocycles. The lowest BCUT2D eigenvalue weighted by Gasteiger charge is -2.29. The van der Waals surface area contributed by atoms with Crippen LogP contribution >= 0.6 is 23.2 Å². The second-order valence-corrected chi connectivity index (χ2v) is 9.75. The van der Waals surface area contributed by atoms with Crippen LogP contribution in [0.5, 0.6) is 5.88 Å². The summed E-state index contributed by atoms with van der Waals surface area (Å²) in [5.74, 6) is 0.593. The zero-order valence-electron chi connectivity index (χ0n) is 19.3. The average Bonchev–Trinajstić information content (AvgIpc) is 3.47. The van der Waals surface area contributed by atoms with Gasteiger partial charge in [0.25, 0.3) is 0 Å². The number of aromatic nitrogens is 4. The maximum absolute atomic E-state index is 6.60. The minimum absolute atomic E-state index is 0.144. The Kier molecular flexibility index (Phi) is 5.75. The fraction of sp³-hybridized carbons (Fsp3) is 0.214. The summed E-state index contributed by atoms with van der Waals surface area (Å²) in [7, 11) is 0. The summed E-state index contributed by atoms with van der Waals surface area (Å²) in [5, 5.41) is 2.34. The summed E-state index contributed by atoms with van der Waals surface area (Å²) in [6, 6.07) is 16.3. The molecule has 0 amide bonds. The van der Waals surface area contributed by atoms with Crippen LogP contribution in [0.25, 0.3) is 22.2 Å². The number of H-pyrrole nitrogens is 1. The lowest BCUT2D eigenvalue weighted by Crippen LogP contribution is -2.18. The van der Waals surface area contributed by atoms with Gasteiger partial charge in [0, 0.05) is 23.2 Å². The first-order valence-electron chi connectivity index (χ1n) is 11.7. The highest BCUT2D eigenvalue weighted by Crippen LogP contribution is 2.42. The first-order valence-corrected chi connectivity index (χ1v) is 12.5. The molecule has 3 aromatic heterocycles. The van der Waals surface area contributed by atoms with Gasteiger partial charge in [0.15, 0.2) is 0 Å². The van der Waals surface area contributed by atoms with Crippen molar-refractivity contribution in [2.75, 3.05) is 0 Å². The van der Waals surface area contributed by atoms with Gasteiger partial charge in [-0.05, 0) is 48.9 Å². The van der Waals surface area contributed by atoms with Crippen LogP contribution in [0.2, 0.25) is 10.0 Å². The fourth-order valence-corrected chi connectivity index (χ4v) is 5.57. The van der Waals surface area contributed by atoms with Crippen molar-refractivity contribution in [3.63, 3.8) is 0 Å². The van der Waals surface area contributed by atoms with E-state index in [2.05, 4.69) is 27.5 Å². The molecule has 176 valence electrons. The molecule has 1 unspecified atom stereocenters. The monoisotopic (exact) mass is 502 g/mol. The standard InChI is InChI=1S/C28H24Cl2N4O/c1-17-28(34(16-33-17)25-9-5-8-20-19(25)10-11-23(29)27(20)30)22-13-31-24-14-32-26(12-21(22)24)35-15-18-6-3-2-4-7-18/h2-4,6-7,10-14,16,25,31H,5,8-9,15H2,1H3. The van der Waals surface area contributed by atoms with Crippen molar-refractivity contribution in [3.8, 4) is 17.1 Å². The quantitative estimate of drug-likeness (QED) is 0.270. The highest BCUT2D eigenvalue weighted by molar-refractivity contribution is 6.42. The highest BCUT2D eigenvalue weighted by atomic mass is 35.5. The molecule has 0 saturated heterocycles. The fourth-order valence-electron chi connectivity index (χ4n) is 5.12. The Labute approximate surface area is 213 Å². The van der Waals surface area contributed by atoms with E-state index >= 15 is 0 Å². The van der Waals surface area contributed by atoms with Crippen molar-refractivity contribution < 1.29 is 4.74 Å². The molecule has 6 rings (SSSR count). The first-order chi connectivity index (χ1) is 17.1. The molecular formula is C28H24Cl2N4O. The Morgan fingerprint density at radius 1 is 1.11 bits per heavy atom. The van der Waals surface area contributed by atoms with E-state index in [0.717, 1.165) is 58.2 Å². The predicted octanol–water partition coefficient (Wildman–Crippen LogP) is 7.55. The van der Waals surface area contributed by atoms with Crippen LogP contribution in [0.4, 0.5) is 0 Å². The number of imidazole rings is 1. The molecule has 35 heavy (non-hydrogen) atoms. The third kappa shape index (κ3) is 3.99. The second-order valence-electron chi connectivity index (χ2n) is 8.97. The van der Waals surface area contributed by atoms with Gasteiger partial charge < -0.3 is 14.3 Å². The molecule has 2 aromatic carbocycles. The summed E-state index contributed by atoms with van der Waals surface area (Å²) >= 11 is 12.9. The lowest BCUT2D eigenvalue weighted by atomic mass is 9.87. The molecule has 1 atom stereocenters. The van der Waals surface area contributed by atoms with Crippen molar-refractivity contribution in [2.45, 2.75) is 38.8 Å². The van der Waals surface area contributed by atoms with E-state index in [0.29, 0.717) is 22.5 Å². The number of hydrogen-bond acceptors (Lipinski definition) is 3. The van der Waals surface area contributed by atoms with E-state index in [-0.39, 0.29) is 6.04 Å². The van der Waals surface area contributed by atoms with E-state index in [9.17, 15) is 0 Å². The number of hydrogen-bond donors (Lipinski definition) is 1. The second kappa shape index (κ2) is 9.06. The topological polar surface area (TPSA) is 55.7 Å². The van der Waals surface area contributed by atoms with Gasteiger partial charge in [0.1, 0.15) is 6.61 Å². The number of nitrogens with zero attached hydrogens (tertiary/aromatic N) is 3. The lowest BCUT2D eigenvalue weighted by molar-refractivity contribution is 0.294. The number of benzene rings is 2. The molecule has 1 aliphatic rings. The van der Waals surface area contributed by atoms with Gasteiger partial charge in [0.05, 0.1) is 45.5 Å². The zero-order valence-corrected chi connectivity index (χ0v) is 20.8.